The monoisotopic (exact) mass is 484 g/mol. The Morgan fingerprint density at radius 1 is 1.14 bits per heavy atom. The molecule has 3 aromatic heterocycles. The van der Waals surface area contributed by atoms with E-state index in [2.05, 4.69) is 25.3 Å². The molecule has 1 aliphatic carbocycles. The average Bonchev–Trinajstić information content (AvgIpc) is 3.23. The van der Waals surface area contributed by atoms with Crippen molar-refractivity contribution in [2.45, 2.75) is 45.3 Å². The molecular weight excluding hydrogens is 456 g/mol. The number of carboxylic acid groups (broad SMARTS) is 1. The lowest BCUT2D eigenvalue weighted by Gasteiger charge is -2.27. The summed E-state index contributed by atoms with van der Waals surface area (Å²) in [5.41, 5.74) is 2.56. The summed E-state index contributed by atoms with van der Waals surface area (Å²) in [5.74, 6) is 0.0984. The highest BCUT2D eigenvalue weighted by Crippen LogP contribution is 2.31. The van der Waals surface area contributed by atoms with Crippen LogP contribution in [-0.2, 0) is 18.4 Å². The van der Waals surface area contributed by atoms with Gasteiger partial charge in [-0.15, -0.1) is 5.10 Å². The fourth-order valence-electron chi connectivity index (χ4n) is 3.99. The van der Waals surface area contributed by atoms with Crippen molar-refractivity contribution in [2.24, 2.45) is 13.0 Å². The van der Waals surface area contributed by atoms with Gasteiger partial charge in [-0.1, -0.05) is 5.21 Å². The van der Waals surface area contributed by atoms with E-state index < -0.39 is 5.97 Å². The zero-order valence-corrected chi connectivity index (χ0v) is 20.1. The Bertz CT molecular complexity index is 1180. The Balaban J connectivity index is 1.49. The summed E-state index contributed by atoms with van der Waals surface area (Å²) in [5, 5.41) is 17.7. The predicted molar refractivity (Wildman–Crippen MR) is 122 cm³/mol. The topological polar surface area (TPSA) is 144 Å². The van der Waals surface area contributed by atoms with Gasteiger partial charge in [-0.25, -0.2) is 9.67 Å². The summed E-state index contributed by atoms with van der Waals surface area (Å²) >= 11 is 0. The van der Waals surface area contributed by atoms with E-state index in [0.29, 0.717) is 47.2 Å². The number of aromatic nitrogens is 6. The smallest absolute Gasteiger partial charge is 0.322 e. The van der Waals surface area contributed by atoms with Gasteiger partial charge in [0.15, 0.2) is 0 Å². The van der Waals surface area contributed by atoms with Crippen molar-refractivity contribution in [1.82, 2.24) is 29.9 Å². The first-order chi connectivity index (χ1) is 16.9. The van der Waals surface area contributed by atoms with Gasteiger partial charge in [-0.3, -0.25) is 4.79 Å². The summed E-state index contributed by atoms with van der Waals surface area (Å²) in [4.78, 5) is 24.2. The van der Waals surface area contributed by atoms with Gasteiger partial charge in [0.2, 0.25) is 11.8 Å². The SMILES string of the molecule is COc1cc(OCc2c(-c3ccc(O[C@H]4CCC[C@H](C(=O)O)C4)c(C)n3)nnn2C)nc(OC)n1. The molecule has 3 heterocycles. The van der Waals surface area contributed by atoms with E-state index in [0.717, 1.165) is 12.8 Å². The number of methoxy groups -OCH3 is 2. The summed E-state index contributed by atoms with van der Waals surface area (Å²) in [6, 6.07) is 5.33. The number of aliphatic carboxylic acids is 1. The fourth-order valence-corrected chi connectivity index (χ4v) is 3.99. The number of hydrogen-bond acceptors (Lipinski definition) is 10. The maximum atomic E-state index is 11.4. The maximum Gasteiger partial charge on any atom is 0.322 e. The molecule has 0 radical (unpaired) electrons. The van der Waals surface area contributed by atoms with Gasteiger partial charge in [-0.05, 0) is 44.7 Å². The van der Waals surface area contributed by atoms with Crippen molar-refractivity contribution in [1.29, 1.82) is 0 Å². The molecule has 12 heteroatoms. The molecule has 0 aromatic carbocycles. The number of carbonyl (C=O) groups is 1. The maximum absolute atomic E-state index is 11.4. The Morgan fingerprint density at radius 2 is 1.94 bits per heavy atom. The van der Waals surface area contributed by atoms with Crippen molar-refractivity contribution < 1.29 is 28.8 Å². The van der Waals surface area contributed by atoms with Gasteiger partial charge in [-0.2, -0.15) is 9.97 Å². The van der Waals surface area contributed by atoms with Crippen molar-refractivity contribution >= 4 is 5.97 Å². The minimum atomic E-state index is -0.764. The van der Waals surface area contributed by atoms with Gasteiger partial charge < -0.3 is 24.1 Å². The third-order valence-electron chi connectivity index (χ3n) is 5.90. The Kier molecular flexibility index (Phi) is 7.28. The Hall–Kier alpha value is -3.96. The van der Waals surface area contributed by atoms with Gasteiger partial charge in [0, 0.05) is 7.05 Å². The lowest BCUT2D eigenvalue weighted by atomic mass is 9.87. The summed E-state index contributed by atoms with van der Waals surface area (Å²) in [6.45, 7) is 1.97. The average molecular weight is 485 g/mol. The number of ether oxygens (including phenoxy) is 4. The molecule has 12 nitrogen and oxygen atoms in total. The molecule has 35 heavy (non-hydrogen) atoms. The van der Waals surface area contributed by atoms with Crippen LogP contribution in [0.1, 0.15) is 37.1 Å². The second-order valence-corrected chi connectivity index (χ2v) is 8.25. The standard InChI is InChI=1S/C23H28N6O6/c1-13-18(35-15-7-5-6-14(10-15)22(30)31)9-8-16(24-13)21-17(29(2)28-27-21)12-34-20-11-19(32-3)25-23(26-20)33-4/h8-9,11,14-15H,5-7,10,12H2,1-4H3,(H,30,31)/t14-,15-/m0/s1. The van der Waals surface area contributed by atoms with Crippen LogP contribution in [0.2, 0.25) is 0 Å². The predicted octanol–water partition coefficient (Wildman–Crippen LogP) is 2.59. The van der Waals surface area contributed by atoms with Crippen LogP contribution in [0.3, 0.4) is 0 Å². The summed E-state index contributed by atoms with van der Waals surface area (Å²) in [6.07, 6.45) is 2.71. The van der Waals surface area contributed by atoms with Gasteiger partial charge in [0.25, 0.3) is 0 Å². The minimum absolute atomic E-state index is 0.125. The lowest BCUT2D eigenvalue weighted by molar-refractivity contribution is -0.143. The lowest BCUT2D eigenvalue weighted by Crippen LogP contribution is -2.29. The molecule has 186 valence electrons. The van der Waals surface area contributed by atoms with Crippen LogP contribution in [0.5, 0.6) is 23.5 Å². The van der Waals surface area contributed by atoms with E-state index in [9.17, 15) is 9.90 Å². The highest BCUT2D eigenvalue weighted by Gasteiger charge is 2.28. The molecule has 2 atom stereocenters. The molecule has 1 saturated carbocycles. The summed E-state index contributed by atoms with van der Waals surface area (Å²) < 4.78 is 23.8. The molecule has 0 spiro atoms. The number of pyridine rings is 1. The van der Waals surface area contributed by atoms with Crippen LogP contribution in [0, 0.1) is 12.8 Å². The Labute approximate surface area is 202 Å². The molecule has 0 unspecified atom stereocenters. The van der Waals surface area contributed by atoms with E-state index in [4.69, 9.17) is 18.9 Å². The molecular formula is C23H28N6O6. The second-order valence-electron chi connectivity index (χ2n) is 8.25. The Morgan fingerprint density at radius 3 is 2.66 bits per heavy atom. The van der Waals surface area contributed by atoms with E-state index in [1.54, 1.807) is 17.8 Å². The molecule has 1 fully saturated rings. The second kappa shape index (κ2) is 10.5. The molecule has 0 bridgehead atoms. The highest BCUT2D eigenvalue weighted by molar-refractivity contribution is 5.70. The van der Waals surface area contributed by atoms with Gasteiger partial charge in [0.1, 0.15) is 23.7 Å². The number of carboxylic acids is 1. The molecule has 1 aliphatic rings. The highest BCUT2D eigenvalue weighted by atomic mass is 16.5. The quantitative estimate of drug-likeness (QED) is 0.478. The molecule has 0 amide bonds. The van der Waals surface area contributed by atoms with Gasteiger partial charge >= 0.3 is 12.0 Å². The van der Waals surface area contributed by atoms with Crippen molar-refractivity contribution in [3.05, 3.63) is 29.6 Å². The van der Waals surface area contributed by atoms with Crippen LogP contribution >= 0.6 is 0 Å². The van der Waals surface area contributed by atoms with E-state index in [1.165, 1.54) is 14.2 Å². The van der Waals surface area contributed by atoms with E-state index >= 15 is 0 Å². The first-order valence-electron chi connectivity index (χ1n) is 11.2. The zero-order valence-electron chi connectivity index (χ0n) is 20.1. The molecule has 0 saturated heterocycles. The number of nitrogens with zero attached hydrogens (tertiary/aromatic N) is 6. The molecule has 1 N–H and O–H groups in total. The molecule has 3 aromatic rings. The van der Waals surface area contributed by atoms with Crippen molar-refractivity contribution in [2.75, 3.05) is 14.2 Å². The number of rotatable bonds is 9. The van der Waals surface area contributed by atoms with Gasteiger partial charge in [0.05, 0.1) is 43.7 Å². The third-order valence-corrected chi connectivity index (χ3v) is 5.90. The normalized spacial score (nSPS) is 17.6. The van der Waals surface area contributed by atoms with Crippen LogP contribution in [0.15, 0.2) is 18.2 Å². The number of hydrogen-bond donors (Lipinski definition) is 1. The number of aryl methyl sites for hydroxylation is 2. The first-order valence-corrected chi connectivity index (χ1v) is 11.2. The van der Waals surface area contributed by atoms with E-state index in [-0.39, 0.29) is 30.5 Å². The van der Waals surface area contributed by atoms with Crippen LogP contribution < -0.4 is 18.9 Å². The molecule has 4 rings (SSSR count). The van der Waals surface area contributed by atoms with Crippen LogP contribution in [0.4, 0.5) is 0 Å². The largest absolute Gasteiger partial charge is 0.489 e. The third kappa shape index (κ3) is 5.58. The summed E-state index contributed by atoms with van der Waals surface area (Å²) in [7, 11) is 4.72. The first kappa shape index (κ1) is 24.2. The molecule has 0 aliphatic heterocycles. The van der Waals surface area contributed by atoms with E-state index in [1.807, 2.05) is 19.1 Å². The fraction of sp³-hybridized carbons (Fsp3) is 0.478. The van der Waals surface area contributed by atoms with Crippen LogP contribution in [0.25, 0.3) is 11.4 Å². The van der Waals surface area contributed by atoms with Crippen molar-refractivity contribution in [3.63, 3.8) is 0 Å². The van der Waals surface area contributed by atoms with Crippen LogP contribution in [-0.4, -0.2) is 61.3 Å². The minimum Gasteiger partial charge on any atom is -0.489 e. The zero-order chi connectivity index (χ0) is 24.9. The van der Waals surface area contributed by atoms with Crippen molar-refractivity contribution in [3.8, 4) is 34.9 Å².